The van der Waals surface area contributed by atoms with E-state index in [0.29, 0.717) is 47.5 Å². The molecule has 2 aromatic carbocycles. The summed E-state index contributed by atoms with van der Waals surface area (Å²) >= 11 is 6.17. The van der Waals surface area contributed by atoms with E-state index in [0.717, 1.165) is 24.5 Å². The maximum Gasteiger partial charge on any atom is 0.224 e. The molecule has 0 unspecified atom stereocenters. The van der Waals surface area contributed by atoms with Crippen LogP contribution in [0.25, 0.3) is 0 Å². The first-order valence-corrected chi connectivity index (χ1v) is 9.35. The molecule has 0 aromatic heterocycles. The lowest BCUT2D eigenvalue weighted by atomic mass is 10.1. The molecule has 1 amide bonds. The van der Waals surface area contributed by atoms with Gasteiger partial charge in [0.25, 0.3) is 0 Å². The molecule has 4 rings (SSSR count). The summed E-state index contributed by atoms with van der Waals surface area (Å²) in [7, 11) is 0. The molecular weight excluding hydrogens is 366 g/mol. The van der Waals surface area contributed by atoms with E-state index in [-0.39, 0.29) is 5.91 Å². The number of nitrogens with one attached hydrogen (secondary N) is 1. The van der Waals surface area contributed by atoms with Crippen molar-refractivity contribution in [1.29, 1.82) is 0 Å². The number of carbonyl (C=O) groups is 1. The number of morpholine rings is 1. The van der Waals surface area contributed by atoms with Crippen molar-refractivity contribution in [1.82, 2.24) is 4.90 Å². The van der Waals surface area contributed by atoms with Crippen molar-refractivity contribution in [2.45, 2.75) is 13.3 Å². The molecule has 0 saturated carbocycles. The summed E-state index contributed by atoms with van der Waals surface area (Å²) in [6.45, 7) is 4.58. The number of amides is 1. The van der Waals surface area contributed by atoms with E-state index in [2.05, 4.69) is 10.2 Å². The van der Waals surface area contributed by atoms with Crippen molar-refractivity contribution >= 4 is 34.7 Å². The average Bonchev–Trinajstić information content (AvgIpc) is 2.85. The predicted octanol–water partition coefficient (Wildman–Crippen LogP) is 4.20. The van der Waals surface area contributed by atoms with Crippen LogP contribution in [0.4, 0.5) is 11.4 Å². The molecule has 2 heterocycles. The predicted molar refractivity (Wildman–Crippen MR) is 105 cm³/mol. The van der Waals surface area contributed by atoms with Crippen molar-refractivity contribution in [3.63, 3.8) is 0 Å². The Kier molecular flexibility index (Phi) is 5.01. The lowest BCUT2D eigenvalue weighted by molar-refractivity contribution is -0.115. The van der Waals surface area contributed by atoms with Crippen LogP contribution < -0.4 is 10.1 Å². The summed E-state index contributed by atoms with van der Waals surface area (Å²) in [4.78, 5) is 18.8. The zero-order valence-corrected chi connectivity index (χ0v) is 15.8. The number of hydrogen-bond acceptors (Lipinski definition) is 5. The number of ether oxygens (including phenoxy) is 2. The molecule has 140 valence electrons. The van der Waals surface area contributed by atoms with E-state index in [9.17, 15) is 4.79 Å². The van der Waals surface area contributed by atoms with E-state index in [1.165, 1.54) is 0 Å². The SMILES string of the molecule is CCC(=O)Nc1ccc2c(c1)C(N1CCOCC1)=Nc1cc(Cl)ccc1O2. The molecule has 1 fully saturated rings. The smallest absolute Gasteiger partial charge is 0.224 e. The largest absolute Gasteiger partial charge is 0.454 e. The first-order valence-electron chi connectivity index (χ1n) is 8.97. The number of aliphatic imine (C=N–C) groups is 1. The Morgan fingerprint density at radius 2 is 1.96 bits per heavy atom. The molecule has 1 N–H and O–H groups in total. The Labute approximate surface area is 162 Å². The molecule has 6 nitrogen and oxygen atoms in total. The van der Waals surface area contributed by atoms with Gasteiger partial charge in [-0.1, -0.05) is 18.5 Å². The molecule has 0 aliphatic carbocycles. The quantitative estimate of drug-likeness (QED) is 0.841. The lowest BCUT2D eigenvalue weighted by Crippen LogP contribution is -2.41. The van der Waals surface area contributed by atoms with Crippen LogP contribution in [0.3, 0.4) is 0 Å². The normalized spacial score (nSPS) is 15.8. The van der Waals surface area contributed by atoms with Crippen molar-refractivity contribution in [3.8, 4) is 11.5 Å². The Morgan fingerprint density at radius 1 is 1.19 bits per heavy atom. The Balaban J connectivity index is 1.82. The van der Waals surface area contributed by atoms with Gasteiger partial charge in [-0.3, -0.25) is 4.79 Å². The number of carbonyl (C=O) groups excluding carboxylic acids is 1. The number of hydrogen-bond donors (Lipinski definition) is 1. The zero-order valence-electron chi connectivity index (χ0n) is 15.0. The summed E-state index contributed by atoms with van der Waals surface area (Å²) in [6, 6.07) is 11.0. The average molecular weight is 386 g/mol. The third-order valence-corrected chi connectivity index (χ3v) is 4.74. The van der Waals surface area contributed by atoms with Crippen molar-refractivity contribution in [2.24, 2.45) is 4.99 Å². The van der Waals surface area contributed by atoms with Gasteiger partial charge in [0.05, 0.1) is 18.8 Å². The molecule has 2 aliphatic rings. The minimum absolute atomic E-state index is 0.0376. The van der Waals surface area contributed by atoms with E-state index in [1.54, 1.807) is 12.1 Å². The van der Waals surface area contributed by atoms with Gasteiger partial charge in [-0.15, -0.1) is 0 Å². The van der Waals surface area contributed by atoms with Gasteiger partial charge in [-0.25, -0.2) is 4.99 Å². The van der Waals surface area contributed by atoms with Crippen LogP contribution in [0.5, 0.6) is 11.5 Å². The highest BCUT2D eigenvalue weighted by molar-refractivity contribution is 6.31. The van der Waals surface area contributed by atoms with Crippen LogP contribution in [-0.2, 0) is 9.53 Å². The molecule has 1 saturated heterocycles. The maximum absolute atomic E-state index is 11.8. The summed E-state index contributed by atoms with van der Waals surface area (Å²) in [6.07, 6.45) is 0.419. The van der Waals surface area contributed by atoms with Crippen molar-refractivity contribution in [2.75, 3.05) is 31.6 Å². The van der Waals surface area contributed by atoms with Gasteiger partial charge in [0.2, 0.25) is 5.91 Å². The van der Waals surface area contributed by atoms with Gasteiger partial charge >= 0.3 is 0 Å². The molecule has 0 bridgehead atoms. The molecule has 7 heteroatoms. The highest BCUT2D eigenvalue weighted by Gasteiger charge is 2.25. The van der Waals surface area contributed by atoms with Crippen molar-refractivity contribution < 1.29 is 14.3 Å². The highest BCUT2D eigenvalue weighted by atomic mass is 35.5. The first kappa shape index (κ1) is 17.8. The minimum atomic E-state index is -0.0376. The van der Waals surface area contributed by atoms with E-state index < -0.39 is 0 Å². The fourth-order valence-corrected chi connectivity index (χ4v) is 3.26. The second kappa shape index (κ2) is 7.58. The monoisotopic (exact) mass is 385 g/mol. The molecule has 2 aromatic rings. The standard InChI is InChI=1S/C20H20ClN3O3/c1-2-19(25)22-14-4-6-17-15(12-14)20(24-7-9-26-10-8-24)23-16-11-13(21)3-5-18(16)27-17/h3-6,11-12H,2,7-10H2,1H3,(H,22,25). The molecule has 0 spiro atoms. The second-order valence-electron chi connectivity index (χ2n) is 6.36. The number of amidine groups is 1. The molecule has 2 aliphatic heterocycles. The fourth-order valence-electron chi connectivity index (χ4n) is 3.09. The molecule has 0 radical (unpaired) electrons. The van der Waals surface area contributed by atoms with Crippen LogP contribution in [-0.4, -0.2) is 42.9 Å². The first-order chi connectivity index (χ1) is 13.1. The summed E-state index contributed by atoms with van der Waals surface area (Å²) in [5.41, 5.74) is 2.23. The van der Waals surface area contributed by atoms with Crippen LogP contribution >= 0.6 is 11.6 Å². The number of rotatable bonds is 2. The van der Waals surface area contributed by atoms with E-state index in [4.69, 9.17) is 26.1 Å². The Bertz CT molecular complexity index is 907. The number of halogens is 1. The van der Waals surface area contributed by atoms with Crippen LogP contribution in [0.2, 0.25) is 5.02 Å². The van der Waals surface area contributed by atoms with Gasteiger partial charge in [0.15, 0.2) is 5.75 Å². The Morgan fingerprint density at radius 3 is 2.74 bits per heavy atom. The van der Waals surface area contributed by atoms with Gasteiger partial charge in [-0.2, -0.15) is 0 Å². The van der Waals surface area contributed by atoms with Gasteiger partial charge in [0.1, 0.15) is 17.3 Å². The Hall–Kier alpha value is -2.57. The summed E-state index contributed by atoms with van der Waals surface area (Å²) in [5.74, 6) is 2.09. The molecule has 27 heavy (non-hydrogen) atoms. The van der Waals surface area contributed by atoms with Gasteiger partial charge in [-0.05, 0) is 36.4 Å². The van der Waals surface area contributed by atoms with Crippen molar-refractivity contribution in [3.05, 3.63) is 47.0 Å². The third kappa shape index (κ3) is 3.77. The number of benzene rings is 2. The van der Waals surface area contributed by atoms with Gasteiger partial charge in [0, 0.05) is 30.2 Å². The van der Waals surface area contributed by atoms with E-state index in [1.807, 2.05) is 31.2 Å². The number of nitrogens with zero attached hydrogens (tertiary/aromatic N) is 2. The minimum Gasteiger partial charge on any atom is -0.454 e. The number of anilines is 1. The third-order valence-electron chi connectivity index (χ3n) is 4.50. The van der Waals surface area contributed by atoms with Crippen LogP contribution in [0.15, 0.2) is 41.4 Å². The van der Waals surface area contributed by atoms with E-state index >= 15 is 0 Å². The lowest BCUT2D eigenvalue weighted by Gasteiger charge is -2.30. The second-order valence-corrected chi connectivity index (χ2v) is 6.80. The summed E-state index contributed by atoms with van der Waals surface area (Å²) in [5, 5.41) is 3.50. The van der Waals surface area contributed by atoms with Gasteiger partial charge < -0.3 is 19.7 Å². The van der Waals surface area contributed by atoms with Crippen LogP contribution in [0, 0.1) is 0 Å². The molecule has 0 atom stereocenters. The summed E-state index contributed by atoms with van der Waals surface area (Å²) < 4.78 is 11.6. The zero-order chi connectivity index (χ0) is 18.8. The fraction of sp³-hybridized carbons (Fsp3) is 0.300. The number of fused-ring (bicyclic) bond motifs is 2. The van der Waals surface area contributed by atoms with Crippen LogP contribution in [0.1, 0.15) is 18.9 Å². The molecular formula is C20H20ClN3O3. The topological polar surface area (TPSA) is 63.2 Å². The highest BCUT2D eigenvalue weighted by Crippen LogP contribution is 2.40. The maximum atomic E-state index is 11.8.